The zero-order chi connectivity index (χ0) is 14.0. The van der Waals surface area contributed by atoms with Crippen molar-refractivity contribution in [2.75, 3.05) is 0 Å². The molecule has 1 atom stereocenters. The molecule has 1 aromatic heterocycles. The van der Waals surface area contributed by atoms with Gasteiger partial charge in [0.25, 0.3) is 5.91 Å². The minimum absolute atomic E-state index is 0.112. The molecule has 1 aromatic rings. The zero-order valence-corrected chi connectivity index (χ0v) is 12.0. The first-order chi connectivity index (χ1) is 8.90. The molecule has 0 aliphatic heterocycles. The number of nitrogens with one attached hydrogen (secondary N) is 1. The average molecular weight is 281 g/mol. The van der Waals surface area contributed by atoms with Crippen LogP contribution in [0.2, 0.25) is 0 Å². The van der Waals surface area contributed by atoms with E-state index in [1.165, 1.54) is 12.5 Å². The molecule has 1 fully saturated rings. The Morgan fingerprint density at radius 3 is 2.58 bits per heavy atom. The number of thiophene rings is 1. The van der Waals surface area contributed by atoms with Gasteiger partial charge in [0.2, 0.25) is 0 Å². The highest BCUT2D eigenvalue weighted by Gasteiger charge is 2.33. The van der Waals surface area contributed by atoms with Crippen molar-refractivity contribution >= 4 is 23.2 Å². The normalized spacial score (nSPS) is 21.9. The molecule has 0 saturated heterocycles. The van der Waals surface area contributed by atoms with Crippen LogP contribution in [0, 0.1) is 5.41 Å². The molecule has 0 bridgehead atoms. The van der Waals surface area contributed by atoms with Gasteiger partial charge in [-0.3, -0.25) is 4.79 Å². The maximum Gasteiger partial charge on any atom is 0.345 e. The molecular formula is C14H19NO3S. The Morgan fingerprint density at radius 1 is 1.32 bits per heavy atom. The van der Waals surface area contributed by atoms with Crippen molar-refractivity contribution in [3.63, 3.8) is 0 Å². The van der Waals surface area contributed by atoms with Gasteiger partial charge in [-0.1, -0.05) is 26.7 Å². The fourth-order valence-electron chi connectivity index (χ4n) is 2.57. The van der Waals surface area contributed by atoms with Gasteiger partial charge in [0.15, 0.2) is 0 Å². The molecule has 1 aliphatic rings. The Hall–Kier alpha value is -1.36. The Morgan fingerprint density at radius 2 is 2.00 bits per heavy atom. The van der Waals surface area contributed by atoms with Crippen LogP contribution in [0.5, 0.6) is 0 Å². The fourth-order valence-corrected chi connectivity index (χ4v) is 3.31. The van der Waals surface area contributed by atoms with Crippen LogP contribution < -0.4 is 5.32 Å². The van der Waals surface area contributed by atoms with Crippen LogP contribution in [-0.2, 0) is 0 Å². The SMILES string of the molecule is CC1(C)CCCCC1NC(=O)c1ccc(C(=O)O)s1. The molecule has 104 valence electrons. The molecule has 2 rings (SSSR count). The summed E-state index contributed by atoms with van der Waals surface area (Å²) in [7, 11) is 0. The van der Waals surface area contributed by atoms with E-state index in [0.717, 1.165) is 30.6 Å². The molecule has 1 saturated carbocycles. The Labute approximate surface area is 116 Å². The molecule has 1 unspecified atom stereocenters. The first kappa shape index (κ1) is 14.1. The van der Waals surface area contributed by atoms with Crippen molar-refractivity contribution in [3.05, 3.63) is 21.9 Å². The summed E-state index contributed by atoms with van der Waals surface area (Å²) in [5.41, 5.74) is 0.112. The smallest absolute Gasteiger partial charge is 0.345 e. The number of carbonyl (C=O) groups excluding carboxylic acids is 1. The number of carbonyl (C=O) groups is 2. The van der Waals surface area contributed by atoms with Crippen LogP contribution >= 0.6 is 11.3 Å². The summed E-state index contributed by atoms with van der Waals surface area (Å²) in [5, 5.41) is 11.9. The second-order valence-corrected chi connectivity index (χ2v) is 6.81. The van der Waals surface area contributed by atoms with Crippen molar-refractivity contribution in [3.8, 4) is 0 Å². The lowest BCUT2D eigenvalue weighted by atomic mass is 9.73. The fraction of sp³-hybridized carbons (Fsp3) is 0.571. The number of hydrogen-bond acceptors (Lipinski definition) is 3. The van der Waals surface area contributed by atoms with E-state index in [2.05, 4.69) is 19.2 Å². The summed E-state index contributed by atoms with van der Waals surface area (Å²) < 4.78 is 0. The summed E-state index contributed by atoms with van der Waals surface area (Å²) in [5.74, 6) is -1.14. The molecule has 19 heavy (non-hydrogen) atoms. The molecule has 5 heteroatoms. The number of amides is 1. The lowest BCUT2D eigenvalue weighted by Gasteiger charge is -2.38. The van der Waals surface area contributed by atoms with Crippen molar-refractivity contribution in [2.24, 2.45) is 5.41 Å². The number of carboxylic acid groups (broad SMARTS) is 1. The number of aromatic carboxylic acids is 1. The summed E-state index contributed by atoms with van der Waals surface area (Å²) >= 11 is 1.03. The van der Waals surface area contributed by atoms with Crippen molar-refractivity contribution in [1.29, 1.82) is 0 Å². The predicted molar refractivity (Wildman–Crippen MR) is 74.8 cm³/mol. The van der Waals surface area contributed by atoms with Gasteiger partial charge in [-0.2, -0.15) is 0 Å². The van der Waals surface area contributed by atoms with Crippen LogP contribution in [0.4, 0.5) is 0 Å². The van der Waals surface area contributed by atoms with Gasteiger partial charge in [0, 0.05) is 6.04 Å². The zero-order valence-electron chi connectivity index (χ0n) is 11.2. The minimum atomic E-state index is -0.984. The summed E-state index contributed by atoms with van der Waals surface area (Å²) in [6, 6.07) is 3.23. The van der Waals surface area contributed by atoms with E-state index in [-0.39, 0.29) is 22.2 Å². The quantitative estimate of drug-likeness (QED) is 0.894. The largest absolute Gasteiger partial charge is 0.477 e. The van der Waals surface area contributed by atoms with Gasteiger partial charge < -0.3 is 10.4 Å². The predicted octanol–water partition coefficient (Wildman–Crippen LogP) is 3.14. The second kappa shape index (κ2) is 5.33. The van der Waals surface area contributed by atoms with Crippen LogP contribution in [0.1, 0.15) is 58.9 Å². The van der Waals surface area contributed by atoms with Gasteiger partial charge in [-0.15, -0.1) is 11.3 Å². The Balaban J connectivity index is 2.05. The van der Waals surface area contributed by atoms with E-state index in [0.29, 0.717) is 4.88 Å². The monoisotopic (exact) mass is 281 g/mol. The van der Waals surface area contributed by atoms with Gasteiger partial charge >= 0.3 is 5.97 Å². The average Bonchev–Trinajstić information content (AvgIpc) is 2.81. The van der Waals surface area contributed by atoms with Crippen molar-refractivity contribution in [1.82, 2.24) is 5.32 Å². The number of rotatable bonds is 3. The highest BCUT2D eigenvalue weighted by atomic mass is 32.1. The first-order valence-corrected chi connectivity index (χ1v) is 7.36. The van der Waals surface area contributed by atoms with Gasteiger partial charge in [0.05, 0.1) is 4.88 Å². The molecule has 1 amide bonds. The number of carboxylic acids is 1. The number of hydrogen-bond donors (Lipinski definition) is 2. The standard InChI is InChI=1S/C14H19NO3S/c1-14(2)8-4-3-5-11(14)15-12(16)9-6-7-10(19-9)13(17)18/h6-7,11H,3-5,8H2,1-2H3,(H,15,16)(H,17,18). The molecular weight excluding hydrogens is 262 g/mol. The highest BCUT2D eigenvalue weighted by molar-refractivity contribution is 7.15. The van der Waals surface area contributed by atoms with E-state index in [9.17, 15) is 9.59 Å². The van der Waals surface area contributed by atoms with Crippen LogP contribution in [0.25, 0.3) is 0 Å². The minimum Gasteiger partial charge on any atom is -0.477 e. The molecule has 1 aliphatic carbocycles. The molecule has 1 heterocycles. The topological polar surface area (TPSA) is 66.4 Å². The maximum atomic E-state index is 12.1. The third kappa shape index (κ3) is 3.15. The van der Waals surface area contributed by atoms with E-state index in [1.54, 1.807) is 6.07 Å². The molecule has 0 aromatic carbocycles. The van der Waals surface area contributed by atoms with E-state index < -0.39 is 5.97 Å². The molecule has 0 radical (unpaired) electrons. The van der Waals surface area contributed by atoms with E-state index in [1.807, 2.05) is 0 Å². The first-order valence-electron chi connectivity index (χ1n) is 6.54. The maximum absolute atomic E-state index is 12.1. The molecule has 0 spiro atoms. The molecule has 4 nitrogen and oxygen atoms in total. The van der Waals surface area contributed by atoms with Crippen LogP contribution in [-0.4, -0.2) is 23.0 Å². The van der Waals surface area contributed by atoms with Crippen molar-refractivity contribution < 1.29 is 14.7 Å². The van der Waals surface area contributed by atoms with E-state index in [4.69, 9.17) is 5.11 Å². The molecule has 2 N–H and O–H groups in total. The van der Waals surface area contributed by atoms with Gasteiger partial charge in [0.1, 0.15) is 4.88 Å². The third-order valence-electron chi connectivity index (χ3n) is 3.85. The Bertz CT molecular complexity index is 493. The van der Waals surface area contributed by atoms with Gasteiger partial charge in [-0.25, -0.2) is 4.79 Å². The third-order valence-corrected chi connectivity index (χ3v) is 4.93. The summed E-state index contributed by atoms with van der Waals surface area (Å²) in [6.45, 7) is 4.35. The Kier molecular flexibility index (Phi) is 3.94. The van der Waals surface area contributed by atoms with Gasteiger partial charge in [-0.05, 0) is 30.4 Å². The highest BCUT2D eigenvalue weighted by Crippen LogP contribution is 2.35. The van der Waals surface area contributed by atoms with Crippen LogP contribution in [0.3, 0.4) is 0 Å². The van der Waals surface area contributed by atoms with Crippen molar-refractivity contribution in [2.45, 2.75) is 45.6 Å². The summed E-state index contributed by atoms with van der Waals surface area (Å²) in [6.07, 6.45) is 4.46. The lowest BCUT2D eigenvalue weighted by molar-refractivity contribution is 0.0702. The second-order valence-electron chi connectivity index (χ2n) is 5.73. The van der Waals surface area contributed by atoms with Crippen LogP contribution in [0.15, 0.2) is 12.1 Å². The lowest BCUT2D eigenvalue weighted by Crippen LogP contribution is -2.46. The summed E-state index contributed by atoms with van der Waals surface area (Å²) in [4.78, 5) is 23.6. The van der Waals surface area contributed by atoms with E-state index >= 15 is 0 Å².